The molecule has 1 heterocycles. The molecule has 0 bridgehead atoms. The van der Waals surface area contributed by atoms with Crippen molar-refractivity contribution in [2.24, 2.45) is 0 Å². The molecule has 4 heteroatoms. The average Bonchev–Trinajstić information content (AvgIpc) is 2.47. The topological polar surface area (TPSA) is 33.7 Å². The van der Waals surface area contributed by atoms with Crippen LogP contribution in [0.3, 0.4) is 0 Å². The second kappa shape index (κ2) is 6.78. The predicted octanol–water partition coefficient (Wildman–Crippen LogP) is 1.67. The van der Waals surface area contributed by atoms with Gasteiger partial charge in [0.05, 0.1) is 14.2 Å². The van der Waals surface area contributed by atoms with Gasteiger partial charge in [0.25, 0.3) is 0 Å². The summed E-state index contributed by atoms with van der Waals surface area (Å²) >= 11 is 0. The standard InChI is InChI=1S/C15H24N2O2/c1-4-12-13(11-17-9-7-16-8-10-17)15(19-3)6-5-14(12)18-2/h5-6,16H,4,7-11H2,1-3H3. The highest BCUT2D eigenvalue weighted by Gasteiger charge is 2.17. The van der Waals surface area contributed by atoms with E-state index in [9.17, 15) is 0 Å². The van der Waals surface area contributed by atoms with Crippen molar-refractivity contribution in [2.45, 2.75) is 19.9 Å². The fourth-order valence-electron chi connectivity index (χ4n) is 2.69. The van der Waals surface area contributed by atoms with Crippen LogP contribution >= 0.6 is 0 Å². The van der Waals surface area contributed by atoms with E-state index in [2.05, 4.69) is 17.1 Å². The van der Waals surface area contributed by atoms with Crippen LogP contribution in [0.25, 0.3) is 0 Å². The molecule has 0 aromatic heterocycles. The average molecular weight is 264 g/mol. The Morgan fingerprint density at radius 1 is 1.05 bits per heavy atom. The summed E-state index contributed by atoms with van der Waals surface area (Å²) < 4.78 is 11.0. The van der Waals surface area contributed by atoms with Gasteiger partial charge in [-0.2, -0.15) is 0 Å². The lowest BCUT2D eigenvalue weighted by molar-refractivity contribution is 0.229. The Balaban J connectivity index is 2.28. The maximum atomic E-state index is 5.53. The fourth-order valence-corrected chi connectivity index (χ4v) is 2.69. The van der Waals surface area contributed by atoms with Crippen molar-refractivity contribution < 1.29 is 9.47 Å². The van der Waals surface area contributed by atoms with Gasteiger partial charge in [0.1, 0.15) is 11.5 Å². The summed E-state index contributed by atoms with van der Waals surface area (Å²) in [5.74, 6) is 1.93. The molecule has 1 aromatic carbocycles. The maximum absolute atomic E-state index is 5.53. The maximum Gasteiger partial charge on any atom is 0.123 e. The highest BCUT2D eigenvalue weighted by Crippen LogP contribution is 2.32. The van der Waals surface area contributed by atoms with Crippen molar-refractivity contribution >= 4 is 0 Å². The van der Waals surface area contributed by atoms with Crippen LogP contribution in [0.1, 0.15) is 18.1 Å². The van der Waals surface area contributed by atoms with E-state index in [0.717, 1.165) is 50.6 Å². The van der Waals surface area contributed by atoms with Crippen molar-refractivity contribution in [2.75, 3.05) is 40.4 Å². The third-order valence-corrected chi connectivity index (χ3v) is 3.73. The molecule has 0 spiro atoms. The molecule has 0 aliphatic carbocycles. The first kappa shape index (κ1) is 14.2. The molecule has 4 nitrogen and oxygen atoms in total. The lowest BCUT2D eigenvalue weighted by Gasteiger charge is -2.29. The van der Waals surface area contributed by atoms with Gasteiger partial charge in [0, 0.05) is 43.9 Å². The third-order valence-electron chi connectivity index (χ3n) is 3.73. The Hall–Kier alpha value is -1.26. The zero-order valence-electron chi connectivity index (χ0n) is 12.2. The lowest BCUT2D eigenvalue weighted by atomic mass is 10.0. The number of nitrogens with one attached hydrogen (secondary N) is 1. The van der Waals surface area contributed by atoms with E-state index in [1.807, 2.05) is 12.1 Å². The minimum Gasteiger partial charge on any atom is -0.496 e. The quantitative estimate of drug-likeness (QED) is 0.877. The van der Waals surface area contributed by atoms with E-state index in [1.54, 1.807) is 14.2 Å². The van der Waals surface area contributed by atoms with E-state index in [4.69, 9.17) is 9.47 Å². The first-order valence-corrected chi connectivity index (χ1v) is 6.96. The summed E-state index contributed by atoms with van der Waals surface area (Å²) in [6, 6.07) is 4.01. The number of benzene rings is 1. The normalized spacial score (nSPS) is 16.4. The Morgan fingerprint density at radius 2 is 1.63 bits per heavy atom. The van der Waals surface area contributed by atoms with Crippen molar-refractivity contribution in [3.05, 3.63) is 23.3 Å². The molecule has 0 unspecified atom stereocenters. The molecule has 106 valence electrons. The highest BCUT2D eigenvalue weighted by molar-refractivity contribution is 5.48. The van der Waals surface area contributed by atoms with Gasteiger partial charge in [-0.3, -0.25) is 4.90 Å². The molecule has 2 rings (SSSR count). The largest absolute Gasteiger partial charge is 0.496 e. The summed E-state index contributed by atoms with van der Waals surface area (Å²) in [6.07, 6.45) is 0.960. The monoisotopic (exact) mass is 264 g/mol. The van der Waals surface area contributed by atoms with Gasteiger partial charge in [0.2, 0.25) is 0 Å². The number of piperazine rings is 1. The molecule has 0 radical (unpaired) electrons. The molecule has 1 aromatic rings. The highest BCUT2D eigenvalue weighted by atomic mass is 16.5. The minimum absolute atomic E-state index is 0.936. The SMILES string of the molecule is CCc1c(OC)ccc(OC)c1CN1CCNCC1. The molecular formula is C15H24N2O2. The predicted molar refractivity (Wildman–Crippen MR) is 77.1 cm³/mol. The Bertz CT molecular complexity index is 415. The number of hydrogen-bond acceptors (Lipinski definition) is 4. The van der Waals surface area contributed by atoms with Crippen LogP contribution in [0.15, 0.2) is 12.1 Å². The Kier molecular flexibility index (Phi) is 5.05. The zero-order valence-corrected chi connectivity index (χ0v) is 12.2. The summed E-state index contributed by atoms with van der Waals surface area (Å²) in [5.41, 5.74) is 2.53. The summed E-state index contributed by atoms with van der Waals surface area (Å²) in [5, 5.41) is 3.38. The lowest BCUT2D eigenvalue weighted by Crippen LogP contribution is -2.43. The van der Waals surface area contributed by atoms with Crippen LogP contribution in [-0.4, -0.2) is 45.3 Å². The molecule has 0 amide bonds. The molecule has 1 fully saturated rings. The van der Waals surface area contributed by atoms with E-state index in [1.165, 1.54) is 11.1 Å². The van der Waals surface area contributed by atoms with Crippen LogP contribution in [0.4, 0.5) is 0 Å². The van der Waals surface area contributed by atoms with E-state index in [0.29, 0.717) is 0 Å². The first-order valence-electron chi connectivity index (χ1n) is 6.96. The summed E-state index contributed by atoms with van der Waals surface area (Å²) in [7, 11) is 3.47. The Morgan fingerprint density at radius 3 is 2.16 bits per heavy atom. The second-order valence-electron chi connectivity index (χ2n) is 4.81. The molecule has 0 atom stereocenters. The number of rotatable bonds is 5. The van der Waals surface area contributed by atoms with Gasteiger partial charge < -0.3 is 14.8 Å². The van der Waals surface area contributed by atoms with E-state index < -0.39 is 0 Å². The van der Waals surface area contributed by atoms with Gasteiger partial charge in [-0.05, 0) is 18.6 Å². The van der Waals surface area contributed by atoms with Gasteiger partial charge in [-0.25, -0.2) is 0 Å². The van der Waals surface area contributed by atoms with Gasteiger partial charge in [0.15, 0.2) is 0 Å². The third kappa shape index (κ3) is 3.19. The van der Waals surface area contributed by atoms with Crippen molar-refractivity contribution in [3.63, 3.8) is 0 Å². The molecule has 1 aliphatic heterocycles. The van der Waals surface area contributed by atoms with Crippen LogP contribution in [0.2, 0.25) is 0 Å². The van der Waals surface area contributed by atoms with Crippen LogP contribution in [-0.2, 0) is 13.0 Å². The zero-order chi connectivity index (χ0) is 13.7. The molecular weight excluding hydrogens is 240 g/mol. The fraction of sp³-hybridized carbons (Fsp3) is 0.600. The molecule has 19 heavy (non-hydrogen) atoms. The van der Waals surface area contributed by atoms with Gasteiger partial charge in [-0.15, -0.1) is 0 Å². The van der Waals surface area contributed by atoms with E-state index >= 15 is 0 Å². The van der Waals surface area contributed by atoms with Gasteiger partial charge >= 0.3 is 0 Å². The molecule has 0 saturated carbocycles. The van der Waals surface area contributed by atoms with Crippen LogP contribution in [0, 0.1) is 0 Å². The summed E-state index contributed by atoms with van der Waals surface area (Å²) in [6.45, 7) is 7.40. The smallest absolute Gasteiger partial charge is 0.123 e. The van der Waals surface area contributed by atoms with Crippen LogP contribution in [0.5, 0.6) is 11.5 Å². The van der Waals surface area contributed by atoms with E-state index in [-0.39, 0.29) is 0 Å². The van der Waals surface area contributed by atoms with Crippen molar-refractivity contribution in [1.82, 2.24) is 10.2 Å². The second-order valence-corrected chi connectivity index (χ2v) is 4.81. The number of nitrogens with zero attached hydrogens (tertiary/aromatic N) is 1. The molecule has 1 aliphatic rings. The van der Waals surface area contributed by atoms with Crippen molar-refractivity contribution in [3.8, 4) is 11.5 Å². The first-order chi connectivity index (χ1) is 9.30. The Labute approximate surface area is 115 Å². The minimum atomic E-state index is 0.936. The molecule has 1 N–H and O–H groups in total. The summed E-state index contributed by atoms with van der Waals surface area (Å²) in [4.78, 5) is 2.47. The molecule has 1 saturated heterocycles. The van der Waals surface area contributed by atoms with Gasteiger partial charge in [-0.1, -0.05) is 6.92 Å². The number of ether oxygens (including phenoxy) is 2. The van der Waals surface area contributed by atoms with Crippen LogP contribution < -0.4 is 14.8 Å². The number of methoxy groups -OCH3 is 2. The number of hydrogen-bond donors (Lipinski definition) is 1. The van der Waals surface area contributed by atoms with Crippen molar-refractivity contribution in [1.29, 1.82) is 0 Å².